The number of carbonyl (C=O) groups is 2. The van der Waals surface area contributed by atoms with Crippen molar-refractivity contribution < 1.29 is 23.5 Å². The van der Waals surface area contributed by atoms with Gasteiger partial charge in [0.2, 0.25) is 5.91 Å². The molecule has 0 radical (unpaired) electrons. The Morgan fingerprint density at radius 2 is 1.86 bits per heavy atom. The summed E-state index contributed by atoms with van der Waals surface area (Å²) in [6.45, 7) is 7.85. The van der Waals surface area contributed by atoms with Gasteiger partial charge in [-0.1, -0.05) is 52.7 Å². The number of benzene rings is 2. The molecule has 2 aromatic rings. The summed E-state index contributed by atoms with van der Waals surface area (Å²) in [5.74, 6) is 1.39. The largest absolute Gasteiger partial charge is 0.494 e. The minimum absolute atomic E-state index is 0.0866. The number of aryl methyl sites for hydroxylation is 1. The van der Waals surface area contributed by atoms with E-state index in [4.69, 9.17) is 9.47 Å². The Balaban J connectivity index is 1.12. The number of carbonyl (C=O) groups excluding carboxylic acids is 2. The number of allylic oxidation sites excluding steroid dienone is 6. The van der Waals surface area contributed by atoms with Crippen molar-refractivity contribution in [2.24, 2.45) is 5.92 Å². The van der Waals surface area contributed by atoms with Crippen LogP contribution in [0.15, 0.2) is 94.3 Å². The molecule has 8 heteroatoms. The number of hydrogen-bond acceptors (Lipinski definition) is 4. The predicted octanol–water partition coefficient (Wildman–Crippen LogP) is 7.71. The van der Waals surface area contributed by atoms with E-state index < -0.39 is 12.1 Å². The monoisotopic (exact) mass is 662 g/mol. The van der Waals surface area contributed by atoms with Crippen molar-refractivity contribution in [3.63, 3.8) is 0 Å². The number of likely N-dealkylation sites (tertiary alicyclic amines) is 1. The molecule has 3 aliphatic rings. The zero-order valence-electron chi connectivity index (χ0n) is 25.5. The summed E-state index contributed by atoms with van der Waals surface area (Å²) in [4.78, 5) is 27.7. The third kappa shape index (κ3) is 8.29. The Kier molecular flexibility index (Phi) is 10.4. The van der Waals surface area contributed by atoms with E-state index in [0.29, 0.717) is 31.1 Å². The Labute approximate surface area is 267 Å². The average molecular weight is 664 g/mol. The smallest absolute Gasteiger partial charge is 0.253 e. The van der Waals surface area contributed by atoms with E-state index in [-0.39, 0.29) is 30.3 Å². The number of halogens is 2. The number of piperidine rings is 1. The fourth-order valence-electron chi connectivity index (χ4n) is 5.62. The number of nitrogens with zero attached hydrogens (tertiary/aromatic N) is 1. The molecule has 232 valence electrons. The third-order valence-electron chi connectivity index (χ3n) is 8.39. The van der Waals surface area contributed by atoms with Gasteiger partial charge in [-0.3, -0.25) is 9.59 Å². The molecule has 1 heterocycles. The second kappa shape index (κ2) is 14.4. The number of amides is 2. The highest BCUT2D eigenvalue weighted by molar-refractivity contribution is 9.10. The zero-order chi connectivity index (χ0) is 31.2. The third-order valence-corrected chi connectivity index (χ3v) is 8.85. The maximum Gasteiger partial charge on any atom is 0.253 e. The van der Waals surface area contributed by atoms with Gasteiger partial charge in [-0.25, -0.2) is 4.39 Å². The quantitative estimate of drug-likeness (QED) is 0.299. The molecule has 1 N–H and O–H groups in total. The van der Waals surface area contributed by atoms with Crippen molar-refractivity contribution in [2.75, 3.05) is 19.7 Å². The fraction of sp³-hybridized carbons (Fsp3) is 0.389. The molecular weight excluding hydrogens is 623 g/mol. The summed E-state index contributed by atoms with van der Waals surface area (Å²) < 4.78 is 26.8. The summed E-state index contributed by atoms with van der Waals surface area (Å²) in [6, 6.07) is 13.5. The molecule has 6 nitrogen and oxygen atoms in total. The SMILES string of the molecule is Cc1ccc(C(=O)N2CCC(OC3=CC=C(COc4cc(Br)cc(C(C)C(=O)NC5=CCC(F)C=C5)c4)CC3C)CC2)cc1. The first-order valence-corrected chi connectivity index (χ1v) is 16.1. The van der Waals surface area contributed by atoms with Crippen molar-refractivity contribution in [3.05, 3.63) is 111 Å². The lowest BCUT2D eigenvalue weighted by Gasteiger charge is -2.34. The minimum atomic E-state index is -0.999. The Morgan fingerprint density at radius 3 is 2.55 bits per heavy atom. The van der Waals surface area contributed by atoms with Gasteiger partial charge in [0.25, 0.3) is 5.91 Å². The molecule has 3 unspecified atom stereocenters. The first-order chi connectivity index (χ1) is 21.1. The zero-order valence-corrected chi connectivity index (χ0v) is 27.1. The molecule has 2 amide bonds. The molecular formula is C36H40BrFN2O4. The van der Waals surface area contributed by atoms with Gasteiger partial charge in [0.05, 0.1) is 11.7 Å². The van der Waals surface area contributed by atoms with E-state index in [1.54, 1.807) is 12.2 Å². The highest BCUT2D eigenvalue weighted by Crippen LogP contribution is 2.31. The molecule has 2 aromatic carbocycles. The van der Waals surface area contributed by atoms with E-state index in [1.807, 2.05) is 61.2 Å². The number of alkyl halides is 1. The summed E-state index contributed by atoms with van der Waals surface area (Å²) >= 11 is 3.55. The molecule has 0 saturated carbocycles. The van der Waals surface area contributed by atoms with E-state index in [0.717, 1.165) is 51.8 Å². The van der Waals surface area contributed by atoms with Crippen LogP contribution in [-0.4, -0.2) is 48.7 Å². The summed E-state index contributed by atoms with van der Waals surface area (Å²) in [7, 11) is 0. The number of rotatable bonds is 9. The van der Waals surface area contributed by atoms with Gasteiger partial charge < -0.3 is 19.7 Å². The maximum atomic E-state index is 13.4. The van der Waals surface area contributed by atoms with Gasteiger partial charge in [0.1, 0.15) is 24.6 Å². The molecule has 0 aromatic heterocycles. The van der Waals surface area contributed by atoms with Crippen molar-refractivity contribution in [2.45, 2.75) is 64.6 Å². The summed E-state index contributed by atoms with van der Waals surface area (Å²) in [5.41, 5.74) is 4.49. The van der Waals surface area contributed by atoms with Gasteiger partial charge in [-0.15, -0.1) is 0 Å². The van der Waals surface area contributed by atoms with Gasteiger partial charge in [0, 0.05) is 54.0 Å². The van der Waals surface area contributed by atoms with E-state index in [1.165, 1.54) is 6.08 Å². The van der Waals surface area contributed by atoms with Crippen molar-refractivity contribution in [1.29, 1.82) is 0 Å². The molecule has 2 aliphatic carbocycles. The van der Waals surface area contributed by atoms with Crippen LogP contribution >= 0.6 is 15.9 Å². The maximum absolute atomic E-state index is 13.4. The second-order valence-corrected chi connectivity index (χ2v) is 12.9. The van der Waals surface area contributed by atoms with Crippen LogP contribution in [0.1, 0.15) is 66.9 Å². The van der Waals surface area contributed by atoms with E-state index in [9.17, 15) is 14.0 Å². The Hall–Kier alpha value is -3.65. The molecule has 3 atom stereocenters. The molecule has 1 aliphatic heterocycles. The van der Waals surface area contributed by atoms with Crippen LogP contribution in [0, 0.1) is 12.8 Å². The van der Waals surface area contributed by atoms with E-state index in [2.05, 4.69) is 40.3 Å². The van der Waals surface area contributed by atoms with Crippen LogP contribution < -0.4 is 10.1 Å². The van der Waals surface area contributed by atoms with Crippen molar-refractivity contribution >= 4 is 27.7 Å². The Morgan fingerprint density at radius 1 is 1.11 bits per heavy atom. The van der Waals surface area contributed by atoms with Gasteiger partial charge >= 0.3 is 0 Å². The molecule has 5 rings (SSSR count). The van der Waals surface area contributed by atoms with Crippen LogP contribution in [0.25, 0.3) is 0 Å². The first-order valence-electron chi connectivity index (χ1n) is 15.3. The highest BCUT2D eigenvalue weighted by Gasteiger charge is 2.27. The second-order valence-electron chi connectivity index (χ2n) is 12.0. The lowest BCUT2D eigenvalue weighted by molar-refractivity contribution is -0.121. The number of ether oxygens (including phenoxy) is 2. The summed E-state index contributed by atoms with van der Waals surface area (Å²) in [6.07, 6.45) is 10.7. The van der Waals surface area contributed by atoms with Gasteiger partial charge in [0.15, 0.2) is 0 Å². The predicted molar refractivity (Wildman–Crippen MR) is 174 cm³/mol. The van der Waals surface area contributed by atoms with Crippen LogP contribution in [0.2, 0.25) is 0 Å². The fourth-order valence-corrected chi connectivity index (χ4v) is 6.11. The van der Waals surface area contributed by atoms with Crippen LogP contribution in [0.3, 0.4) is 0 Å². The molecule has 1 fully saturated rings. The van der Waals surface area contributed by atoms with E-state index >= 15 is 0 Å². The number of nitrogens with one attached hydrogen (secondary N) is 1. The topological polar surface area (TPSA) is 67.9 Å². The van der Waals surface area contributed by atoms with Gasteiger partial charge in [-0.05, 0) is 80.0 Å². The summed E-state index contributed by atoms with van der Waals surface area (Å²) in [5, 5.41) is 2.88. The van der Waals surface area contributed by atoms with Crippen LogP contribution in [-0.2, 0) is 9.53 Å². The normalized spacial score (nSPS) is 21.1. The molecule has 0 bridgehead atoms. The molecule has 0 spiro atoms. The number of hydrogen-bond donors (Lipinski definition) is 1. The standard InChI is InChI=1S/C36H40BrFN2O4/c1-23-4-7-27(8-5-23)36(42)40-16-14-32(15-17-40)44-34-13-6-26(18-24(34)2)22-43-33-20-28(19-29(37)21-33)25(3)35(41)39-31-11-9-30(38)10-12-31/h4-9,11-13,19-21,24-25,30,32H,10,14-18,22H2,1-3H3,(H,39,41). The average Bonchev–Trinajstić information content (AvgIpc) is 3.02. The van der Waals surface area contributed by atoms with Crippen molar-refractivity contribution in [1.82, 2.24) is 10.2 Å². The van der Waals surface area contributed by atoms with Crippen LogP contribution in [0.5, 0.6) is 5.75 Å². The molecule has 1 saturated heterocycles. The lowest BCUT2D eigenvalue weighted by Crippen LogP contribution is -2.41. The van der Waals surface area contributed by atoms with Gasteiger partial charge in [-0.2, -0.15) is 0 Å². The lowest BCUT2D eigenvalue weighted by atomic mass is 9.94. The Bertz CT molecular complexity index is 1490. The first kappa shape index (κ1) is 31.8. The molecule has 44 heavy (non-hydrogen) atoms. The van der Waals surface area contributed by atoms with Crippen LogP contribution in [0.4, 0.5) is 4.39 Å². The minimum Gasteiger partial charge on any atom is -0.494 e. The van der Waals surface area contributed by atoms with Crippen molar-refractivity contribution in [3.8, 4) is 5.75 Å². The highest BCUT2D eigenvalue weighted by atomic mass is 79.9.